The first-order chi connectivity index (χ1) is 16.0. The molecule has 0 saturated heterocycles. The van der Waals surface area contributed by atoms with Crippen molar-refractivity contribution in [1.82, 2.24) is 4.98 Å². The summed E-state index contributed by atoms with van der Waals surface area (Å²) < 4.78 is 42.7. The summed E-state index contributed by atoms with van der Waals surface area (Å²) in [5.41, 5.74) is 2.02. The van der Waals surface area contributed by atoms with Crippen LogP contribution in [-0.4, -0.2) is 21.8 Å². The molecule has 1 unspecified atom stereocenters. The zero-order valence-electron chi connectivity index (χ0n) is 19.5. The maximum absolute atomic E-state index is 15.5. The molecule has 184 valence electrons. The zero-order valence-corrected chi connectivity index (χ0v) is 19.5. The van der Waals surface area contributed by atoms with E-state index in [-0.39, 0.29) is 11.3 Å². The van der Waals surface area contributed by atoms with Crippen LogP contribution in [0.2, 0.25) is 0 Å². The highest BCUT2D eigenvalue weighted by Crippen LogP contribution is 2.51. The van der Waals surface area contributed by atoms with Crippen LogP contribution < -0.4 is 5.73 Å². The Hall–Kier alpha value is -2.25. The molecule has 2 aliphatic rings. The molecule has 0 radical (unpaired) electrons. The second kappa shape index (κ2) is 9.42. The van der Waals surface area contributed by atoms with Crippen molar-refractivity contribution in [1.29, 1.82) is 0 Å². The normalized spacial score (nSPS) is 26.0. The summed E-state index contributed by atoms with van der Waals surface area (Å²) >= 11 is 0. The van der Waals surface area contributed by atoms with Crippen LogP contribution in [0.4, 0.5) is 13.2 Å². The number of Topliss-reactive ketones (excluding diaryl/α,β-unsaturated/α-hetero) is 1. The van der Waals surface area contributed by atoms with Gasteiger partial charge in [0, 0.05) is 30.7 Å². The third kappa shape index (κ3) is 5.20. The number of halogens is 3. The number of carbonyl (C=O) groups excluding carboxylic acids is 1. The third-order valence-corrected chi connectivity index (χ3v) is 7.80. The molecule has 7 heteroatoms. The van der Waals surface area contributed by atoms with Gasteiger partial charge in [0.15, 0.2) is 11.5 Å². The fourth-order valence-electron chi connectivity index (χ4n) is 5.40. The van der Waals surface area contributed by atoms with Crippen LogP contribution in [0.1, 0.15) is 79.9 Å². The Morgan fingerprint density at radius 3 is 2.26 bits per heavy atom. The first-order valence-corrected chi connectivity index (χ1v) is 12.1. The topological polar surface area (TPSA) is 76.2 Å². The minimum absolute atomic E-state index is 0.0647. The molecule has 0 amide bonds. The summed E-state index contributed by atoms with van der Waals surface area (Å²) in [6.45, 7) is 0.554. The lowest BCUT2D eigenvalue weighted by Crippen LogP contribution is -2.51. The molecule has 34 heavy (non-hydrogen) atoms. The first kappa shape index (κ1) is 24.9. The van der Waals surface area contributed by atoms with E-state index in [9.17, 15) is 18.7 Å². The predicted octanol–water partition coefficient (Wildman–Crippen LogP) is 5.88. The highest BCUT2D eigenvalue weighted by Gasteiger charge is 2.47. The van der Waals surface area contributed by atoms with Crippen LogP contribution in [0.3, 0.4) is 0 Å². The lowest BCUT2D eigenvalue weighted by Gasteiger charge is -2.37. The Kier molecular flexibility index (Phi) is 6.89. The van der Waals surface area contributed by atoms with Gasteiger partial charge < -0.3 is 5.11 Å². The minimum Gasteiger partial charge on any atom is -0.367 e. The Morgan fingerprint density at radius 2 is 1.74 bits per heavy atom. The van der Waals surface area contributed by atoms with E-state index in [0.29, 0.717) is 55.2 Å². The number of carbonyl (C=O) groups is 1. The number of hydrogen-bond acceptors (Lipinski definition) is 4. The van der Waals surface area contributed by atoms with Crippen LogP contribution >= 0.6 is 0 Å². The lowest BCUT2D eigenvalue weighted by molar-refractivity contribution is -0.172. The highest BCUT2D eigenvalue weighted by atomic mass is 19.3. The van der Waals surface area contributed by atoms with Crippen LogP contribution in [0, 0.1) is 17.8 Å². The van der Waals surface area contributed by atoms with E-state index in [1.807, 2.05) is 6.07 Å². The molecule has 0 aliphatic heterocycles. The lowest BCUT2D eigenvalue weighted by atomic mass is 9.70. The van der Waals surface area contributed by atoms with Gasteiger partial charge in [-0.25, -0.2) is 13.2 Å². The number of alkyl halides is 3. The van der Waals surface area contributed by atoms with Gasteiger partial charge in [0.25, 0.3) is 5.92 Å². The third-order valence-electron chi connectivity index (χ3n) is 7.80. The Labute approximate surface area is 198 Å². The zero-order chi connectivity index (χ0) is 24.6. The monoisotopic (exact) mass is 474 g/mol. The van der Waals surface area contributed by atoms with Crippen LogP contribution in [0.15, 0.2) is 48.7 Å². The Morgan fingerprint density at radius 1 is 1.12 bits per heavy atom. The van der Waals surface area contributed by atoms with Gasteiger partial charge in [-0.15, -0.1) is 0 Å². The predicted molar refractivity (Wildman–Crippen MR) is 124 cm³/mol. The van der Waals surface area contributed by atoms with Gasteiger partial charge in [-0.1, -0.05) is 30.3 Å². The molecule has 4 nitrogen and oxygen atoms in total. The number of benzene rings is 1. The van der Waals surface area contributed by atoms with E-state index >= 15 is 4.39 Å². The van der Waals surface area contributed by atoms with Crippen molar-refractivity contribution < 1.29 is 23.1 Å². The molecule has 2 aromatic rings. The molecule has 0 bridgehead atoms. The number of ketones is 1. The van der Waals surface area contributed by atoms with Gasteiger partial charge in [0.05, 0.1) is 5.69 Å². The number of hydrogen-bond donors (Lipinski definition) is 2. The van der Waals surface area contributed by atoms with Gasteiger partial charge in [0.2, 0.25) is 5.72 Å². The van der Waals surface area contributed by atoms with E-state index in [4.69, 9.17) is 5.73 Å². The average molecular weight is 475 g/mol. The van der Waals surface area contributed by atoms with E-state index in [2.05, 4.69) is 4.98 Å². The van der Waals surface area contributed by atoms with Crippen molar-refractivity contribution in [3.05, 3.63) is 65.5 Å². The molecule has 2 fully saturated rings. The summed E-state index contributed by atoms with van der Waals surface area (Å²) in [4.78, 5) is 17.0. The second-order valence-corrected chi connectivity index (χ2v) is 10.2. The molecule has 2 aliphatic carbocycles. The number of aliphatic hydroxyl groups is 1. The minimum atomic E-state index is -3.52. The fraction of sp³-hybridized carbons (Fsp3) is 0.556. The van der Waals surface area contributed by atoms with Crippen LogP contribution in [0.25, 0.3) is 0 Å². The fourth-order valence-corrected chi connectivity index (χ4v) is 5.40. The van der Waals surface area contributed by atoms with Crippen molar-refractivity contribution in [3.8, 4) is 0 Å². The maximum atomic E-state index is 15.5. The van der Waals surface area contributed by atoms with Crippen molar-refractivity contribution in [2.24, 2.45) is 23.5 Å². The van der Waals surface area contributed by atoms with Crippen LogP contribution in [-0.2, 0) is 11.4 Å². The highest BCUT2D eigenvalue weighted by molar-refractivity contribution is 5.96. The van der Waals surface area contributed by atoms with E-state index in [1.54, 1.807) is 18.3 Å². The summed E-state index contributed by atoms with van der Waals surface area (Å²) in [7, 11) is 0. The molecule has 2 saturated carbocycles. The van der Waals surface area contributed by atoms with Gasteiger partial charge in [-0.3, -0.25) is 15.5 Å². The van der Waals surface area contributed by atoms with Gasteiger partial charge >= 0.3 is 0 Å². The molecule has 1 heterocycles. The first-order valence-electron chi connectivity index (χ1n) is 12.1. The smallest absolute Gasteiger partial charge is 0.290 e. The SMILES string of the molecule is CC(F)(F)[C@@](N)(O)c1ccc(C(=O)CCC(C2CC2)C2CCC(F)(c3ccccn3)CC2)cc1. The Bertz CT molecular complexity index is 977. The van der Waals surface area contributed by atoms with Gasteiger partial charge in [-0.05, 0) is 74.8 Å². The summed E-state index contributed by atoms with van der Waals surface area (Å²) in [6, 6.07) is 10.8. The average Bonchev–Trinajstić information content (AvgIpc) is 3.65. The Balaban J connectivity index is 1.35. The molecular weight excluding hydrogens is 441 g/mol. The number of nitrogens with two attached hydrogens (primary N) is 1. The molecule has 0 spiro atoms. The summed E-state index contributed by atoms with van der Waals surface area (Å²) in [6.07, 6.45) is 7.54. The molecule has 4 rings (SSSR count). The molecule has 1 aromatic heterocycles. The standard InChI is InChI=1S/C27H33F3N2O2/c1-25(28,29)27(31,34)21-9-7-20(8-10-21)23(33)12-11-22(18-5-6-18)19-13-15-26(30,16-14-19)24-4-2-3-17-32-24/h2-4,7-10,17-19,22,34H,5-6,11-16,31H2,1H3/t19?,22?,26?,27-/m0/s1. The van der Waals surface area contributed by atoms with E-state index in [1.165, 1.54) is 24.3 Å². The molecule has 1 aromatic carbocycles. The maximum Gasteiger partial charge on any atom is 0.290 e. The number of nitrogens with zero attached hydrogens (tertiary/aromatic N) is 1. The summed E-state index contributed by atoms with van der Waals surface area (Å²) in [5, 5.41) is 9.96. The van der Waals surface area contributed by atoms with Gasteiger partial charge in [0.1, 0.15) is 0 Å². The molecule has 3 N–H and O–H groups in total. The van der Waals surface area contributed by atoms with E-state index in [0.717, 1.165) is 32.1 Å². The molecular formula is C27H33F3N2O2. The second-order valence-electron chi connectivity index (χ2n) is 10.2. The van der Waals surface area contributed by atoms with E-state index < -0.39 is 17.3 Å². The summed E-state index contributed by atoms with van der Waals surface area (Å²) in [5.74, 6) is -2.20. The quantitative estimate of drug-likeness (QED) is 0.351. The van der Waals surface area contributed by atoms with Crippen molar-refractivity contribution in [2.75, 3.05) is 0 Å². The van der Waals surface area contributed by atoms with Crippen molar-refractivity contribution in [2.45, 2.75) is 75.6 Å². The van der Waals surface area contributed by atoms with Crippen molar-refractivity contribution in [3.63, 3.8) is 0 Å². The largest absolute Gasteiger partial charge is 0.367 e. The van der Waals surface area contributed by atoms with Crippen molar-refractivity contribution >= 4 is 5.78 Å². The van der Waals surface area contributed by atoms with Crippen LogP contribution in [0.5, 0.6) is 0 Å². The molecule has 2 atom stereocenters. The number of pyridine rings is 1. The van der Waals surface area contributed by atoms with Gasteiger partial charge in [-0.2, -0.15) is 0 Å². The number of rotatable bonds is 9. The number of aromatic nitrogens is 1.